The highest BCUT2D eigenvalue weighted by molar-refractivity contribution is 7.07. The van der Waals surface area contributed by atoms with E-state index in [1.54, 1.807) is 24.3 Å². The van der Waals surface area contributed by atoms with Crippen LogP contribution in [-0.2, 0) is 6.42 Å². The third-order valence-electron chi connectivity index (χ3n) is 4.93. The molecule has 0 fully saturated rings. The largest absolute Gasteiger partial charge is 0.478 e. The molecule has 0 spiro atoms. The zero-order valence-electron chi connectivity index (χ0n) is 17.1. The molecular weight excluding hydrogens is 386 g/mol. The van der Waals surface area contributed by atoms with Crippen LogP contribution in [0.5, 0.6) is 10.9 Å². The molecule has 3 aromatic rings. The number of carboxylic acids is 1. The SMILES string of the molecule is CCN(C)CCc1cc(C)c(Oc2nc(-c3ccc(C(=O)O)cc3)ns2)cc1C. The van der Waals surface area contributed by atoms with Gasteiger partial charge in [0.15, 0.2) is 5.82 Å². The van der Waals surface area contributed by atoms with Crippen LogP contribution >= 0.6 is 11.5 Å². The maximum Gasteiger partial charge on any atom is 0.335 e. The van der Waals surface area contributed by atoms with Gasteiger partial charge in [0, 0.05) is 23.6 Å². The molecule has 0 saturated heterocycles. The molecule has 7 heteroatoms. The number of hydrogen-bond acceptors (Lipinski definition) is 6. The summed E-state index contributed by atoms with van der Waals surface area (Å²) < 4.78 is 10.3. The molecule has 0 unspecified atom stereocenters. The number of carboxylic acid groups (broad SMARTS) is 1. The maximum atomic E-state index is 11.0. The quantitative estimate of drug-likeness (QED) is 0.573. The molecule has 0 aliphatic rings. The predicted octanol–water partition coefficient (Wildman–Crippen LogP) is 4.81. The summed E-state index contributed by atoms with van der Waals surface area (Å²) in [5, 5.41) is 9.47. The van der Waals surface area contributed by atoms with E-state index < -0.39 is 5.97 Å². The Morgan fingerprint density at radius 3 is 2.55 bits per heavy atom. The normalized spacial score (nSPS) is 11.1. The Bertz CT molecular complexity index is 999. The molecule has 0 aliphatic heterocycles. The Morgan fingerprint density at radius 2 is 1.90 bits per heavy atom. The fourth-order valence-corrected chi connectivity index (χ4v) is 3.49. The number of aromatic carboxylic acids is 1. The first-order valence-electron chi connectivity index (χ1n) is 9.51. The Labute approximate surface area is 175 Å². The van der Waals surface area contributed by atoms with Gasteiger partial charge in [-0.3, -0.25) is 0 Å². The van der Waals surface area contributed by atoms with Crippen LogP contribution in [0.1, 0.15) is 34.0 Å². The van der Waals surface area contributed by atoms with E-state index in [4.69, 9.17) is 9.84 Å². The number of rotatable bonds is 8. The van der Waals surface area contributed by atoms with Gasteiger partial charge in [-0.15, -0.1) is 0 Å². The van der Waals surface area contributed by atoms with Crippen molar-refractivity contribution >= 4 is 17.5 Å². The Kier molecular flexibility index (Phi) is 6.61. The van der Waals surface area contributed by atoms with Gasteiger partial charge in [-0.25, -0.2) is 4.79 Å². The molecule has 29 heavy (non-hydrogen) atoms. The number of benzene rings is 2. The zero-order valence-corrected chi connectivity index (χ0v) is 17.9. The second kappa shape index (κ2) is 9.15. The van der Waals surface area contributed by atoms with E-state index in [2.05, 4.69) is 47.3 Å². The van der Waals surface area contributed by atoms with Crippen LogP contribution in [0.15, 0.2) is 36.4 Å². The van der Waals surface area contributed by atoms with E-state index in [0.717, 1.165) is 36.4 Å². The second-order valence-electron chi connectivity index (χ2n) is 7.06. The number of ether oxygens (including phenoxy) is 1. The van der Waals surface area contributed by atoms with Crippen LogP contribution in [0.2, 0.25) is 0 Å². The topological polar surface area (TPSA) is 75.5 Å². The molecule has 152 valence electrons. The standard InChI is InChI=1S/C22H25N3O3S/c1-5-25(4)11-10-18-12-15(3)19(13-14(18)2)28-22-23-20(24-29-22)16-6-8-17(9-7-16)21(26)27/h6-9,12-13H,5,10-11H2,1-4H3,(H,26,27). The monoisotopic (exact) mass is 411 g/mol. The molecule has 0 radical (unpaired) electrons. The molecular formula is C22H25N3O3S. The second-order valence-corrected chi connectivity index (χ2v) is 7.77. The van der Waals surface area contributed by atoms with E-state index in [9.17, 15) is 4.79 Å². The summed E-state index contributed by atoms with van der Waals surface area (Å²) in [4.78, 5) is 17.7. The highest BCUT2D eigenvalue weighted by Crippen LogP contribution is 2.31. The van der Waals surface area contributed by atoms with Crippen molar-refractivity contribution in [2.45, 2.75) is 27.2 Å². The summed E-state index contributed by atoms with van der Waals surface area (Å²) in [7, 11) is 2.13. The molecule has 3 rings (SSSR count). The van der Waals surface area contributed by atoms with E-state index >= 15 is 0 Å². The molecule has 0 bridgehead atoms. The van der Waals surface area contributed by atoms with Crippen LogP contribution in [0.4, 0.5) is 0 Å². The minimum absolute atomic E-state index is 0.233. The van der Waals surface area contributed by atoms with Crippen molar-refractivity contribution in [2.24, 2.45) is 0 Å². The molecule has 1 heterocycles. The average molecular weight is 412 g/mol. The molecule has 1 N–H and O–H groups in total. The molecule has 0 amide bonds. The average Bonchev–Trinajstić information content (AvgIpc) is 3.17. The summed E-state index contributed by atoms with van der Waals surface area (Å²) in [6.07, 6.45) is 1.01. The molecule has 0 atom stereocenters. The van der Waals surface area contributed by atoms with Crippen molar-refractivity contribution in [3.05, 3.63) is 58.7 Å². The van der Waals surface area contributed by atoms with Gasteiger partial charge in [0.2, 0.25) is 0 Å². The number of hydrogen-bond donors (Lipinski definition) is 1. The Morgan fingerprint density at radius 1 is 1.17 bits per heavy atom. The first-order chi connectivity index (χ1) is 13.9. The van der Waals surface area contributed by atoms with Crippen LogP contribution in [-0.4, -0.2) is 45.5 Å². The van der Waals surface area contributed by atoms with Gasteiger partial charge in [0.25, 0.3) is 5.19 Å². The summed E-state index contributed by atoms with van der Waals surface area (Å²) in [5.74, 6) is 0.344. The number of aromatic nitrogens is 2. The summed E-state index contributed by atoms with van der Waals surface area (Å²) in [6, 6.07) is 10.7. The molecule has 2 aromatic carbocycles. The Balaban J connectivity index is 1.73. The summed E-state index contributed by atoms with van der Waals surface area (Å²) in [5.41, 5.74) is 4.57. The van der Waals surface area contributed by atoms with Gasteiger partial charge in [-0.2, -0.15) is 9.36 Å². The lowest BCUT2D eigenvalue weighted by molar-refractivity contribution is 0.0697. The van der Waals surface area contributed by atoms with Crippen LogP contribution in [0.25, 0.3) is 11.4 Å². The van der Waals surface area contributed by atoms with Gasteiger partial charge in [0.1, 0.15) is 5.75 Å². The number of nitrogens with zero attached hydrogens (tertiary/aromatic N) is 3. The smallest absolute Gasteiger partial charge is 0.335 e. The summed E-state index contributed by atoms with van der Waals surface area (Å²) >= 11 is 1.18. The third kappa shape index (κ3) is 5.19. The van der Waals surface area contributed by atoms with Crippen LogP contribution < -0.4 is 4.74 Å². The third-order valence-corrected chi connectivity index (χ3v) is 5.53. The number of carbonyl (C=O) groups is 1. The maximum absolute atomic E-state index is 11.0. The first kappa shape index (κ1) is 21.0. The first-order valence-corrected chi connectivity index (χ1v) is 10.3. The van der Waals surface area contributed by atoms with Crippen molar-refractivity contribution in [3.63, 3.8) is 0 Å². The molecule has 0 saturated carbocycles. The van der Waals surface area contributed by atoms with Gasteiger partial charge in [-0.1, -0.05) is 25.1 Å². The lowest BCUT2D eigenvalue weighted by Crippen LogP contribution is -2.20. The van der Waals surface area contributed by atoms with Crippen LogP contribution in [0.3, 0.4) is 0 Å². The van der Waals surface area contributed by atoms with Crippen LogP contribution in [0, 0.1) is 13.8 Å². The minimum atomic E-state index is -0.956. The van der Waals surface area contributed by atoms with Gasteiger partial charge < -0.3 is 14.7 Å². The van der Waals surface area contributed by atoms with Crippen molar-refractivity contribution in [1.82, 2.24) is 14.3 Å². The lowest BCUT2D eigenvalue weighted by Gasteiger charge is -2.16. The molecule has 6 nitrogen and oxygen atoms in total. The zero-order chi connectivity index (χ0) is 21.0. The van der Waals surface area contributed by atoms with E-state index in [1.165, 1.54) is 22.7 Å². The number of likely N-dealkylation sites (N-methyl/N-ethyl adjacent to an activating group) is 1. The highest BCUT2D eigenvalue weighted by Gasteiger charge is 2.12. The predicted molar refractivity (Wildman–Crippen MR) is 115 cm³/mol. The fraction of sp³-hybridized carbons (Fsp3) is 0.318. The fourth-order valence-electron chi connectivity index (χ4n) is 2.92. The number of aryl methyl sites for hydroxylation is 2. The van der Waals surface area contributed by atoms with Gasteiger partial charge in [0.05, 0.1) is 5.56 Å². The van der Waals surface area contributed by atoms with Crippen molar-refractivity contribution < 1.29 is 14.6 Å². The van der Waals surface area contributed by atoms with Crippen molar-refractivity contribution in [2.75, 3.05) is 20.1 Å². The lowest BCUT2D eigenvalue weighted by atomic mass is 10.0. The molecule has 1 aromatic heterocycles. The molecule has 0 aliphatic carbocycles. The van der Waals surface area contributed by atoms with E-state index in [1.807, 2.05) is 6.92 Å². The van der Waals surface area contributed by atoms with E-state index in [-0.39, 0.29) is 5.56 Å². The Hall–Kier alpha value is -2.77. The summed E-state index contributed by atoms with van der Waals surface area (Å²) in [6.45, 7) is 8.36. The van der Waals surface area contributed by atoms with Crippen molar-refractivity contribution in [1.29, 1.82) is 0 Å². The highest BCUT2D eigenvalue weighted by atomic mass is 32.1. The minimum Gasteiger partial charge on any atom is -0.478 e. The van der Waals surface area contributed by atoms with Crippen molar-refractivity contribution in [3.8, 4) is 22.3 Å². The van der Waals surface area contributed by atoms with Gasteiger partial charge in [-0.05, 0) is 68.8 Å². The van der Waals surface area contributed by atoms with Gasteiger partial charge >= 0.3 is 5.97 Å². The van der Waals surface area contributed by atoms with E-state index in [0.29, 0.717) is 11.0 Å².